The third kappa shape index (κ3) is 14.6. The monoisotopic (exact) mass is 572 g/mol. The molecule has 226 valence electrons. The zero-order valence-electron chi connectivity index (χ0n) is 24.0. The number of unbranched alkanes of at least 4 members (excludes halogenated alkanes) is 1. The number of carbonyl (C=O) groups is 6. The maximum atomic E-state index is 12.5. The fourth-order valence-corrected chi connectivity index (χ4v) is 4.43. The summed E-state index contributed by atoms with van der Waals surface area (Å²) in [6.45, 7) is 3.85. The van der Waals surface area contributed by atoms with Gasteiger partial charge < -0.3 is 30.8 Å². The fraction of sp³-hybridized carbons (Fsp3) is 0.600. The molecular formula is C30H44N4O7. The van der Waals surface area contributed by atoms with Crippen molar-refractivity contribution in [3.63, 3.8) is 0 Å². The van der Waals surface area contributed by atoms with Crippen molar-refractivity contribution >= 4 is 41.4 Å². The summed E-state index contributed by atoms with van der Waals surface area (Å²) in [7, 11) is 0. The van der Waals surface area contributed by atoms with E-state index in [1.165, 1.54) is 0 Å². The molecule has 2 atom stereocenters. The number of benzene rings is 1. The van der Waals surface area contributed by atoms with E-state index in [2.05, 4.69) is 21.3 Å². The molecule has 0 heterocycles. The van der Waals surface area contributed by atoms with Crippen LogP contribution in [-0.2, 0) is 35.1 Å². The number of hydrogen-bond acceptors (Lipinski definition) is 7. The van der Waals surface area contributed by atoms with Gasteiger partial charge in [0.15, 0.2) is 0 Å². The van der Waals surface area contributed by atoms with Crippen molar-refractivity contribution in [1.29, 1.82) is 0 Å². The normalized spacial score (nSPS) is 15.4. The lowest BCUT2D eigenvalue weighted by Crippen LogP contribution is -2.36. The number of Topliss-reactive ketones (excluding diaryl/α,β-unsaturated/α-hetero) is 2. The molecule has 1 aromatic carbocycles. The van der Waals surface area contributed by atoms with Crippen LogP contribution >= 0.6 is 0 Å². The smallest absolute Gasteiger partial charge is 0.314 e. The summed E-state index contributed by atoms with van der Waals surface area (Å²) in [5.41, 5.74) is 1.29. The SMILES string of the molecule is CC(C=O)CCCCNC(=O)NCCCOCCNC(=O)CC(=O)Nc1ccc(CC(=O)C2CCCCC2=O)cc1. The largest absolute Gasteiger partial charge is 0.380 e. The van der Waals surface area contributed by atoms with E-state index in [1.807, 2.05) is 6.92 Å². The van der Waals surface area contributed by atoms with Gasteiger partial charge in [0.1, 0.15) is 24.3 Å². The van der Waals surface area contributed by atoms with Crippen LogP contribution < -0.4 is 21.3 Å². The first-order chi connectivity index (χ1) is 19.8. The summed E-state index contributed by atoms with van der Waals surface area (Å²) < 4.78 is 5.44. The second kappa shape index (κ2) is 19.5. The van der Waals surface area contributed by atoms with E-state index in [9.17, 15) is 28.8 Å². The summed E-state index contributed by atoms with van der Waals surface area (Å²) in [6, 6.07) is 6.58. The molecule has 0 spiro atoms. The fourth-order valence-electron chi connectivity index (χ4n) is 4.43. The van der Waals surface area contributed by atoms with Crippen LogP contribution in [0, 0.1) is 11.8 Å². The summed E-state index contributed by atoms with van der Waals surface area (Å²) in [5.74, 6) is -1.35. The van der Waals surface area contributed by atoms with Gasteiger partial charge in [0.25, 0.3) is 0 Å². The van der Waals surface area contributed by atoms with Gasteiger partial charge in [0, 0.05) is 50.7 Å². The first-order valence-corrected chi connectivity index (χ1v) is 14.5. The molecule has 0 aromatic heterocycles. The van der Waals surface area contributed by atoms with Crippen LogP contribution in [0.3, 0.4) is 0 Å². The maximum absolute atomic E-state index is 12.5. The molecule has 0 saturated heterocycles. The van der Waals surface area contributed by atoms with Crippen molar-refractivity contribution in [2.24, 2.45) is 11.8 Å². The Kier molecular flexibility index (Phi) is 16.0. The van der Waals surface area contributed by atoms with Gasteiger partial charge >= 0.3 is 6.03 Å². The highest BCUT2D eigenvalue weighted by Crippen LogP contribution is 2.23. The zero-order valence-corrected chi connectivity index (χ0v) is 24.0. The molecule has 0 aliphatic heterocycles. The van der Waals surface area contributed by atoms with Gasteiger partial charge in [-0.2, -0.15) is 0 Å². The number of anilines is 1. The number of urea groups is 1. The Morgan fingerprint density at radius 2 is 1.66 bits per heavy atom. The Balaban J connectivity index is 1.48. The number of ether oxygens (including phenoxy) is 1. The van der Waals surface area contributed by atoms with E-state index < -0.39 is 17.7 Å². The van der Waals surface area contributed by atoms with Gasteiger partial charge in [-0.15, -0.1) is 0 Å². The minimum Gasteiger partial charge on any atom is -0.380 e. The summed E-state index contributed by atoms with van der Waals surface area (Å²) in [5, 5.41) is 10.8. The molecule has 4 N–H and O–H groups in total. The third-order valence-electron chi connectivity index (χ3n) is 6.80. The molecule has 11 nitrogen and oxygen atoms in total. The van der Waals surface area contributed by atoms with Crippen molar-refractivity contribution in [3.8, 4) is 0 Å². The highest BCUT2D eigenvalue weighted by molar-refractivity contribution is 6.04. The molecule has 1 fully saturated rings. The average molecular weight is 573 g/mol. The molecule has 1 aliphatic carbocycles. The predicted octanol–water partition coefficient (Wildman–Crippen LogP) is 2.71. The molecule has 0 bridgehead atoms. The van der Waals surface area contributed by atoms with E-state index in [0.717, 1.165) is 44.0 Å². The highest BCUT2D eigenvalue weighted by atomic mass is 16.5. The highest BCUT2D eigenvalue weighted by Gasteiger charge is 2.28. The topological polar surface area (TPSA) is 160 Å². The first kappa shape index (κ1) is 33.6. The van der Waals surface area contributed by atoms with Crippen LogP contribution in [-0.4, -0.2) is 68.5 Å². The lowest BCUT2D eigenvalue weighted by Gasteiger charge is -2.19. The standard InChI is InChI=1S/C30H44N4O7/c1-22(21-35)7-4-5-14-32-30(40)33-15-6-17-41-18-16-31-28(38)20-29(39)34-24-12-10-23(11-13-24)19-27(37)25-8-2-3-9-26(25)36/h10-13,21-22,25H,2-9,14-20H2,1H3,(H,31,38)(H,34,39)(H2,32,33,40). The molecule has 11 heteroatoms. The van der Waals surface area contributed by atoms with E-state index in [4.69, 9.17) is 4.74 Å². The predicted molar refractivity (Wildman–Crippen MR) is 154 cm³/mol. The summed E-state index contributed by atoms with van der Waals surface area (Å²) >= 11 is 0. The maximum Gasteiger partial charge on any atom is 0.314 e. The van der Waals surface area contributed by atoms with Crippen molar-refractivity contribution in [3.05, 3.63) is 29.8 Å². The van der Waals surface area contributed by atoms with E-state index in [1.54, 1.807) is 24.3 Å². The molecule has 2 rings (SSSR count). The van der Waals surface area contributed by atoms with Crippen molar-refractivity contribution < 1.29 is 33.5 Å². The van der Waals surface area contributed by atoms with Crippen LogP contribution in [0.2, 0.25) is 0 Å². The summed E-state index contributed by atoms with van der Waals surface area (Å²) in [4.78, 5) is 70.9. The molecule has 1 saturated carbocycles. The zero-order chi connectivity index (χ0) is 29.9. The Labute approximate surface area is 241 Å². The number of hydrogen-bond donors (Lipinski definition) is 4. The van der Waals surface area contributed by atoms with Crippen LogP contribution in [0.15, 0.2) is 24.3 Å². The van der Waals surface area contributed by atoms with Gasteiger partial charge in [-0.05, 0) is 49.8 Å². The minimum atomic E-state index is -0.492. The number of carbonyl (C=O) groups excluding carboxylic acids is 6. The lowest BCUT2D eigenvalue weighted by molar-refractivity contribution is -0.134. The molecule has 2 unspecified atom stereocenters. The van der Waals surface area contributed by atoms with Gasteiger partial charge in [-0.25, -0.2) is 4.79 Å². The van der Waals surface area contributed by atoms with Crippen LogP contribution in [0.1, 0.15) is 70.3 Å². The van der Waals surface area contributed by atoms with E-state index >= 15 is 0 Å². The van der Waals surface area contributed by atoms with Gasteiger partial charge in [-0.3, -0.25) is 19.2 Å². The second-order valence-electron chi connectivity index (χ2n) is 10.4. The molecule has 1 aliphatic rings. The van der Waals surface area contributed by atoms with E-state index in [-0.39, 0.29) is 49.5 Å². The quantitative estimate of drug-likeness (QED) is 0.113. The Morgan fingerprint density at radius 3 is 2.37 bits per heavy atom. The molecular weight excluding hydrogens is 528 g/mol. The second-order valence-corrected chi connectivity index (χ2v) is 10.4. The van der Waals surface area contributed by atoms with Gasteiger partial charge in [0.05, 0.1) is 12.5 Å². The number of aldehydes is 1. The number of amides is 4. The minimum absolute atomic E-state index is 0.0368. The Hall–Kier alpha value is -3.60. The average Bonchev–Trinajstić information content (AvgIpc) is 2.95. The van der Waals surface area contributed by atoms with Crippen LogP contribution in [0.4, 0.5) is 10.5 Å². The Morgan fingerprint density at radius 1 is 0.927 bits per heavy atom. The molecule has 4 amide bonds. The molecule has 41 heavy (non-hydrogen) atoms. The van der Waals surface area contributed by atoms with Gasteiger partial charge in [0.2, 0.25) is 11.8 Å². The number of ketones is 2. The molecule has 1 aromatic rings. The lowest BCUT2D eigenvalue weighted by atomic mass is 9.83. The van der Waals surface area contributed by atoms with Crippen molar-refractivity contribution in [2.75, 3.05) is 38.2 Å². The number of nitrogens with one attached hydrogen (secondary N) is 4. The van der Waals surface area contributed by atoms with Gasteiger partial charge in [-0.1, -0.05) is 31.9 Å². The van der Waals surface area contributed by atoms with Crippen molar-refractivity contribution in [1.82, 2.24) is 16.0 Å². The van der Waals surface area contributed by atoms with E-state index in [0.29, 0.717) is 44.6 Å². The third-order valence-corrected chi connectivity index (χ3v) is 6.80. The number of rotatable bonds is 19. The van der Waals surface area contributed by atoms with Crippen LogP contribution in [0.5, 0.6) is 0 Å². The molecule has 0 radical (unpaired) electrons. The first-order valence-electron chi connectivity index (χ1n) is 14.5. The van der Waals surface area contributed by atoms with Crippen molar-refractivity contribution in [2.45, 2.75) is 71.1 Å². The van der Waals surface area contributed by atoms with Crippen LogP contribution in [0.25, 0.3) is 0 Å². The Bertz CT molecular complexity index is 1010. The summed E-state index contributed by atoms with van der Waals surface area (Å²) in [6.07, 6.45) is 6.81.